The number of alkyl halides is 3. The first-order chi connectivity index (χ1) is 19.5. The molecule has 3 atom stereocenters. The maximum atomic E-state index is 14.3. The summed E-state index contributed by atoms with van der Waals surface area (Å²) in [4.78, 5) is 0.164. The summed E-state index contributed by atoms with van der Waals surface area (Å²) < 4.78 is 71.2. The number of ether oxygens (including phenoxy) is 2. The van der Waals surface area contributed by atoms with Gasteiger partial charge in [0.2, 0.25) is 0 Å². The van der Waals surface area contributed by atoms with Gasteiger partial charge >= 0.3 is 6.36 Å². The van der Waals surface area contributed by atoms with E-state index in [1.807, 2.05) is 28.8 Å². The predicted molar refractivity (Wildman–Crippen MR) is 152 cm³/mol. The van der Waals surface area contributed by atoms with Gasteiger partial charge in [-0.05, 0) is 79.4 Å². The molecule has 0 saturated heterocycles. The molecule has 1 unspecified atom stereocenters. The van der Waals surface area contributed by atoms with Crippen LogP contribution in [0.15, 0.2) is 76.2 Å². The summed E-state index contributed by atoms with van der Waals surface area (Å²) in [6, 6.07) is 14.6. The van der Waals surface area contributed by atoms with Gasteiger partial charge in [-0.15, -0.1) is 13.2 Å². The van der Waals surface area contributed by atoms with Crippen molar-refractivity contribution in [3.8, 4) is 5.75 Å². The normalized spacial score (nSPS) is 20.9. The molecule has 6 rings (SSSR count). The summed E-state index contributed by atoms with van der Waals surface area (Å²) in [6.07, 6.45) is -2.67. The highest BCUT2D eigenvalue weighted by atomic mass is 35.5. The Morgan fingerprint density at radius 2 is 1.63 bits per heavy atom. The van der Waals surface area contributed by atoms with Crippen LogP contribution in [0.25, 0.3) is 27.5 Å². The van der Waals surface area contributed by atoms with Crippen molar-refractivity contribution in [3.63, 3.8) is 0 Å². The van der Waals surface area contributed by atoms with E-state index >= 15 is 0 Å². The van der Waals surface area contributed by atoms with Crippen LogP contribution >= 0.6 is 23.2 Å². The van der Waals surface area contributed by atoms with Crippen LogP contribution in [0.3, 0.4) is 0 Å². The van der Waals surface area contributed by atoms with Crippen molar-refractivity contribution in [1.82, 2.24) is 9.29 Å². The van der Waals surface area contributed by atoms with Gasteiger partial charge in [-0.2, -0.15) is 0 Å². The Morgan fingerprint density at radius 3 is 2.20 bits per heavy atom. The Kier molecular flexibility index (Phi) is 7.36. The standard InChI is InChI=1S/C28H24Cl2F3N3O4S/c29-17-3-9-24-21(11-17)22-12-18(30)4-10-25(22)36(24)26-15-39-14-23(27(26)37)35-41(38,34-13-16-1-2-16)20-7-5-19(6-8-20)40-28(31,32)33/h3-12,15-16,23,27,37H,1-2,13-14H2,(H,34,35,38)/t23-,27+,41?/m0/s1. The average molecular weight is 626 g/mol. The van der Waals surface area contributed by atoms with E-state index < -0.39 is 34.2 Å². The fraction of sp³-hybridized carbons (Fsp3) is 0.286. The van der Waals surface area contributed by atoms with Gasteiger partial charge in [-0.1, -0.05) is 23.2 Å². The van der Waals surface area contributed by atoms with E-state index in [1.54, 1.807) is 12.1 Å². The number of hydrogen-bond donors (Lipinski definition) is 2. The zero-order chi connectivity index (χ0) is 28.9. The van der Waals surface area contributed by atoms with E-state index in [0.29, 0.717) is 28.2 Å². The smallest absolute Gasteiger partial charge is 0.497 e. The third-order valence-electron chi connectivity index (χ3n) is 7.01. The lowest BCUT2D eigenvalue weighted by atomic mass is 10.1. The first-order valence-electron chi connectivity index (χ1n) is 12.8. The van der Waals surface area contributed by atoms with E-state index in [-0.39, 0.29) is 11.5 Å². The minimum atomic E-state index is -4.85. The molecule has 1 aliphatic carbocycles. The molecular weight excluding hydrogens is 602 g/mol. The number of benzene rings is 3. The zero-order valence-electron chi connectivity index (χ0n) is 21.3. The SMILES string of the molecule is O=S(=NCC1CC1)(N[C@H]1COC=C(n2c3ccc(Cl)cc3c3cc(Cl)ccc32)[C@@H]1O)c1ccc(OC(F)(F)F)cc1. The van der Waals surface area contributed by atoms with Gasteiger partial charge in [0.05, 0.1) is 34.2 Å². The van der Waals surface area contributed by atoms with Gasteiger partial charge in [-0.3, -0.25) is 0 Å². The van der Waals surface area contributed by atoms with Gasteiger partial charge in [-0.25, -0.2) is 13.3 Å². The fourth-order valence-electron chi connectivity index (χ4n) is 4.86. The highest BCUT2D eigenvalue weighted by Crippen LogP contribution is 2.37. The summed E-state index contributed by atoms with van der Waals surface area (Å²) >= 11 is 12.6. The van der Waals surface area contributed by atoms with Crippen LogP contribution in [0.4, 0.5) is 13.2 Å². The molecule has 0 radical (unpaired) electrons. The fourth-order valence-corrected chi connectivity index (χ4v) is 7.09. The molecule has 2 aliphatic rings. The van der Waals surface area contributed by atoms with Crippen LogP contribution in [0.5, 0.6) is 5.75 Å². The lowest BCUT2D eigenvalue weighted by Gasteiger charge is -2.31. The Labute approximate surface area is 243 Å². The molecule has 1 aromatic heterocycles. The third-order valence-corrected chi connectivity index (χ3v) is 9.53. The summed E-state index contributed by atoms with van der Waals surface area (Å²) in [5.74, 6) is -0.146. The monoisotopic (exact) mass is 625 g/mol. The topological polar surface area (TPSA) is 85.1 Å². The lowest BCUT2D eigenvalue weighted by Crippen LogP contribution is -2.49. The first-order valence-corrected chi connectivity index (χ1v) is 15.0. The van der Waals surface area contributed by atoms with E-state index in [1.165, 1.54) is 18.4 Å². The molecule has 4 aromatic rings. The lowest BCUT2D eigenvalue weighted by molar-refractivity contribution is -0.274. The van der Waals surface area contributed by atoms with Crippen molar-refractivity contribution in [1.29, 1.82) is 0 Å². The van der Waals surface area contributed by atoms with Crippen LogP contribution in [0, 0.1) is 5.92 Å². The summed E-state index contributed by atoms with van der Waals surface area (Å²) in [6.45, 7) is 0.290. The van der Waals surface area contributed by atoms with Gasteiger partial charge in [0, 0.05) is 20.8 Å². The number of aliphatic hydroxyl groups excluding tert-OH is 1. The molecule has 2 N–H and O–H groups in total. The number of aromatic nitrogens is 1. The van der Waals surface area contributed by atoms with Crippen molar-refractivity contribution in [2.24, 2.45) is 10.3 Å². The molecule has 3 aromatic carbocycles. The first kappa shape index (κ1) is 28.2. The highest BCUT2D eigenvalue weighted by Gasteiger charge is 2.35. The summed E-state index contributed by atoms with van der Waals surface area (Å²) in [7, 11) is -3.38. The predicted octanol–water partition coefficient (Wildman–Crippen LogP) is 7.00. The van der Waals surface area contributed by atoms with Crippen LogP contribution in [0.1, 0.15) is 12.8 Å². The molecular formula is C28H24Cl2F3N3O4S. The van der Waals surface area contributed by atoms with Gasteiger partial charge < -0.3 is 19.1 Å². The minimum Gasteiger partial charge on any atom is -0.497 e. The van der Waals surface area contributed by atoms with Crippen LogP contribution in [-0.4, -0.2) is 45.5 Å². The summed E-state index contributed by atoms with van der Waals surface area (Å²) in [5, 5.41) is 14.3. The van der Waals surface area contributed by atoms with Crippen molar-refractivity contribution in [2.75, 3.05) is 13.2 Å². The number of nitrogens with one attached hydrogen (secondary N) is 1. The van der Waals surface area contributed by atoms with Crippen molar-refractivity contribution >= 4 is 60.6 Å². The van der Waals surface area contributed by atoms with Gasteiger partial charge in [0.15, 0.2) is 0 Å². The Balaban J connectivity index is 1.36. The molecule has 1 fully saturated rings. The Morgan fingerprint density at radius 1 is 1.02 bits per heavy atom. The number of aliphatic hydroxyl groups is 1. The van der Waals surface area contributed by atoms with Crippen LogP contribution in [-0.2, 0) is 14.7 Å². The van der Waals surface area contributed by atoms with E-state index in [0.717, 1.165) is 46.8 Å². The van der Waals surface area contributed by atoms with E-state index in [9.17, 15) is 22.5 Å². The van der Waals surface area contributed by atoms with Crippen LogP contribution in [0.2, 0.25) is 10.0 Å². The Bertz CT molecular complexity index is 1720. The van der Waals surface area contributed by atoms with Crippen LogP contribution < -0.4 is 9.46 Å². The van der Waals surface area contributed by atoms with Crippen molar-refractivity contribution in [2.45, 2.75) is 36.2 Å². The van der Waals surface area contributed by atoms with Crippen molar-refractivity contribution in [3.05, 3.63) is 77.0 Å². The van der Waals surface area contributed by atoms with E-state index in [2.05, 4.69) is 13.8 Å². The molecule has 1 aliphatic heterocycles. The summed E-state index contributed by atoms with van der Waals surface area (Å²) in [5.41, 5.74) is 1.89. The molecule has 2 heterocycles. The molecule has 13 heteroatoms. The zero-order valence-corrected chi connectivity index (χ0v) is 23.6. The molecule has 0 amide bonds. The molecule has 41 heavy (non-hydrogen) atoms. The average Bonchev–Trinajstić information content (AvgIpc) is 3.70. The second-order valence-electron chi connectivity index (χ2n) is 10.0. The molecule has 216 valence electrons. The van der Waals surface area contributed by atoms with Crippen molar-refractivity contribution < 1.29 is 32.0 Å². The number of hydrogen-bond acceptors (Lipinski definition) is 5. The molecule has 1 saturated carbocycles. The van der Waals surface area contributed by atoms with E-state index in [4.69, 9.17) is 27.9 Å². The molecule has 0 bridgehead atoms. The van der Waals surface area contributed by atoms with Gasteiger partial charge in [0.1, 0.15) is 34.6 Å². The second-order valence-corrected chi connectivity index (χ2v) is 12.9. The molecule has 7 nitrogen and oxygen atoms in total. The highest BCUT2D eigenvalue weighted by molar-refractivity contribution is 7.91. The quantitative estimate of drug-likeness (QED) is 0.232. The number of rotatable bonds is 7. The molecule has 0 spiro atoms. The number of nitrogens with zero attached hydrogens (tertiary/aromatic N) is 2. The second kappa shape index (κ2) is 10.7. The Hall–Kier alpha value is -2.96. The van der Waals surface area contributed by atoms with Gasteiger partial charge in [0.25, 0.3) is 0 Å². The maximum Gasteiger partial charge on any atom is 0.573 e. The largest absolute Gasteiger partial charge is 0.573 e. The third kappa shape index (κ3) is 5.87. The number of fused-ring (bicyclic) bond motifs is 3. The minimum absolute atomic E-state index is 0.0232. The maximum absolute atomic E-state index is 14.3. The number of halogens is 5.